The van der Waals surface area contributed by atoms with E-state index in [1.165, 1.54) is 38.5 Å². The van der Waals surface area contributed by atoms with Gasteiger partial charge in [-0.25, -0.2) is 0 Å². The second-order valence-corrected chi connectivity index (χ2v) is 8.66. The van der Waals surface area contributed by atoms with Crippen LogP contribution in [0.4, 0.5) is 0 Å². The maximum absolute atomic E-state index is 11.2. The average molecular weight is 365 g/mol. The number of nitrogens with one attached hydrogen (secondary N) is 1. The summed E-state index contributed by atoms with van der Waals surface area (Å²) in [5, 5.41) is 3.00. The van der Waals surface area contributed by atoms with Crippen molar-refractivity contribution in [2.24, 2.45) is 5.92 Å². The number of ether oxygens (including phenoxy) is 2. The third kappa shape index (κ3) is 8.41. The van der Waals surface area contributed by atoms with Gasteiger partial charge in [-0.2, -0.15) is 0 Å². The average Bonchev–Trinajstić information content (AvgIpc) is 2.52. The molecule has 144 valence electrons. The Morgan fingerprint density at radius 2 is 1.79 bits per heavy atom. The van der Waals surface area contributed by atoms with E-state index in [-0.39, 0.29) is 30.5 Å². The van der Waals surface area contributed by atoms with E-state index in [0.717, 1.165) is 12.8 Å². The van der Waals surface area contributed by atoms with Gasteiger partial charge in [-0.05, 0) is 6.42 Å². The molecule has 1 heterocycles. The number of rotatable bonds is 12. The zero-order valence-electron chi connectivity index (χ0n) is 15.4. The van der Waals surface area contributed by atoms with Gasteiger partial charge in [0.1, 0.15) is 0 Å². The smallest absolute Gasteiger partial charge is 0.339 e. The molecule has 0 unspecified atom stereocenters. The summed E-state index contributed by atoms with van der Waals surface area (Å²) in [6, 6.07) is -0.175. The molecule has 24 heavy (non-hydrogen) atoms. The minimum absolute atomic E-state index is 0.0478. The maximum Gasteiger partial charge on any atom is 0.339 e. The zero-order valence-corrected chi connectivity index (χ0v) is 16.3. The first-order valence-corrected chi connectivity index (χ1v) is 11.1. The molecular formula is C17H36NO5P. The van der Waals surface area contributed by atoms with Crippen LogP contribution in [0, 0.1) is 5.92 Å². The van der Waals surface area contributed by atoms with Crippen molar-refractivity contribution in [1.82, 2.24) is 5.32 Å². The standard InChI is InChI=1S/C17H36NO5P/c1-4-5-6-7-8-9-10-11-15-16(18-13-24(19,20)21)17(22-3)14(2)12-23-15/h14-18H,4-13H2,1-3H3,(H2,19,20,21)/t14-,15-,16+,17-/m0/s1. The third-order valence-electron chi connectivity index (χ3n) is 4.79. The summed E-state index contributed by atoms with van der Waals surface area (Å²) in [6.45, 7) is 4.90. The molecule has 0 aromatic rings. The van der Waals surface area contributed by atoms with Gasteiger partial charge in [0.2, 0.25) is 0 Å². The summed E-state index contributed by atoms with van der Waals surface area (Å²) in [5.41, 5.74) is 0. The lowest BCUT2D eigenvalue weighted by Gasteiger charge is -2.41. The van der Waals surface area contributed by atoms with Crippen LogP contribution in [0.2, 0.25) is 0 Å². The fraction of sp³-hybridized carbons (Fsp3) is 1.00. The Labute approximate surface area is 146 Å². The van der Waals surface area contributed by atoms with Gasteiger partial charge >= 0.3 is 7.60 Å². The summed E-state index contributed by atoms with van der Waals surface area (Å²) in [6.07, 6.45) is 9.12. The zero-order chi connectivity index (χ0) is 18.0. The van der Waals surface area contributed by atoms with Gasteiger partial charge in [0, 0.05) is 13.0 Å². The van der Waals surface area contributed by atoms with Crippen molar-refractivity contribution >= 4 is 7.60 Å². The highest BCUT2D eigenvalue weighted by Gasteiger charge is 2.39. The normalized spacial score (nSPS) is 28.2. The number of hydrogen-bond donors (Lipinski definition) is 3. The van der Waals surface area contributed by atoms with Crippen LogP contribution in [0.15, 0.2) is 0 Å². The highest BCUT2D eigenvalue weighted by atomic mass is 31.2. The van der Waals surface area contributed by atoms with E-state index in [4.69, 9.17) is 19.3 Å². The lowest BCUT2D eigenvalue weighted by atomic mass is 9.89. The van der Waals surface area contributed by atoms with Crippen molar-refractivity contribution in [2.75, 3.05) is 20.0 Å². The topological polar surface area (TPSA) is 88.0 Å². The first-order valence-electron chi connectivity index (χ1n) is 9.31. The maximum atomic E-state index is 11.2. The van der Waals surface area contributed by atoms with Crippen molar-refractivity contribution < 1.29 is 23.8 Å². The minimum Gasteiger partial charge on any atom is -0.379 e. The molecule has 1 aliphatic rings. The van der Waals surface area contributed by atoms with E-state index in [0.29, 0.717) is 6.61 Å². The van der Waals surface area contributed by atoms with E-state index in [1.807, 2.05) is 6.92 Å². The predicted molar refractivity (Wildman–Crippen MR) is 96.1 cm³/mol. The van der Waals surface area contributed by atoms with E-state index in [9.17, 15) is 4.57 Å². The summed E-state index contributed by atoms with van der Waals surface area (Å²) >= 11 is 0. The fourth-order valence-electron chi connectivity index (χ4n) is 3.46. The first kappa shape index (κ1) is 22.1. The van der Waals surface area contributed by atoms with Gasteiger partial charge in [-0.1, -0.05) is 58.8 Å². The van der Waals surface area contributed by atoms with Gasteiger partial charge in [-0.3, -0.25) is 9.88 Å². The SMILES string of the molecule is CCCCCCCCC[C@@H]1OC[C@H](C)[C@H](OC)[C@@H]1NCP(=O)(O)O. The largest absolute Gasteiger partial charge is 0.379 e. The molecule has 3 N–H and O–H groups in total. The molecule has 7 heteroatoms. The Morgan fingerprint density at radius 3 is 2.38 bits per heavy atom. The highest BCUT2D eigenvalue weighted by Crippen LogP contribution is 2.34. The molecule has 1 saturated heterocycles. The summed E-state index contributed by atoms with van der Waals surface area (Å²) < 4.78 is 22.7. The minimum atomic E-state index is -4.09. The molecule has 0 saturated carbocycles. The molecular weight excluding hydrogens is 329 g/mol. The summed E-state index contributed by atoms with van der Waals surface area (Å²) in [7, 11) is -2.43. The molecule has 1 aliphatic heterocycles. The molecule has 4 atom stereocenters. The highest BCUT2D eigenvalue weighted by molar-refractivity contribution is 7.51. The molecule has 0 amide bonds. The van der Waals surface area contributed by atoms with Crippen LogP contribution in [0.3, 0.4) is 0 Å². The van der Waals surface area contributed by atoms with Crippen LogP contribution >= 0.6 is 7.60 Å². The van der Waals surface area contributed by atoms with E-state index >= 15 is 0 Å². The molecule has 0 bridgehead atoms. The second-order valence-electron chi connectivity index (χ2n) is 7.01. The Morgan fingerprint density at radius 1 is 1.17 bits per heavy atom. The van der Waals surface area contributed by atoms with Crippen LogP contribution in [0.25, 0.3) is 0 Å². The van der Waals surface area contributed by atoms with Crippen molar-refractivity contribution in [1.29, 1.82) is 0 Å². The number of unbranched alkanes of at least 4 members (excludes halogenated alkanes) is 6. The van der Waals surface area contributed by atoms with Gasteiger partial charge in [-0.15, -0.1) is 0 Å². The van der Waals surface area contributed by atoms with E-state index in [1.54, 1.807) is 7.11 Å². The van der Waals surface area contributed by atoms with Crippen LogP contribution in [0.1, 0.15) is 65.2 Å². The number of methoxy groups -OCH3 is 1. The third-order valence-corrected chi connectivity index (χ3v) is 5.38. The van der Waals surface area contributed by atoms with Gasteiger partial charge in [0.15, 0.2) is 0 Å². The Balaban J connectivity index is 2.44. The number of hydrogen-bond acceptors (Lipinski definition) is 4. The summed E-state index contributed by atoms with van der Waals surface area (Å²) in [4.78, 5) is 18.3. The lowest BCUT2D eigenvalue weighted by molar-refractivity contribution is -0.117. The predicted octanol–water partition coefficient (Wildman–Crippen LogP) is 3.27. The molecule has 0 aromatic carbocycles. The van der Waals surface area contributed by atoms with Crippen molar-refractivity contribution in [3.63, 3.8) is 0 Å². The van der Waals surface area contributed by atoms with Gasteiger partial charge < -0.3 is 19.3 Å². The summed E-state index contributed by atoms with van der Waals surface area (Å²) in [5.74, 6) is 0.203. The van der Waals surface area contributed by atoms with Gasteiger partial charge in [0.05, 0.1) is 31.1 Å². The molecule has 6 nitrogen and oxygen atoms in total. The Kier molecular flexibility index (Phi) is 10.7. The molecule has 0 radical (unpaired) electrons. The van der Waals surface area contributed by atoms with Crippen molar-refractivity contribution in [2.45, 2.75) is 83.5 Å². The van der Waals surface area contributed by atoms with Crippen LogP contribution < -0.4 is 5.32 Å². The Bertz CT molecular complexity index is 376. The van der Waals surface area contributed by atoms with Crippen molar-refractivity contribution in [3.8, 4) is 0 Å². The van der Waals surface area contributed by atoms with Crippen LogP contribution in [-0.4, -0.2) is 48.0 Å². The van der Waals surface area contributed by atoms with Crippen LogP contribution in [0.5, 0.6) is 0 Å². The fourth-order valence-corrected chi connectivity index (χ4v) is 3.90. The molecule has 1 rings (SSSR count). The molecule has 0 aliphatic carbocycles. The first-order chi connectivity index (χ1) is 11.4. The molecule has 0 spiro atoms. The monoisotopic (exact) mass is 365 g/mol. The molecule has 1 fully saturated rings. The van der Waals surface area contributed by atoms with Gasteiger partial charge in [0.25, 0.3) is 0 Å². The lowest BCUT2D eigenvalue weighted by Crippen LogP contribution is -2.57. The van der Waals surface area contributed by atoms with E-state index < -0.39 is 7.60 Å². The Hall–Kier alpha value is 0.0300. The van der Waals surface area contributed by atoms with Crippen LogP contribution in [-0.2, 0) is 14.0 Å². The quantitative estimate of drug-likeness (QED) is 0.363. The van der Waals surface area contributed by atoms with Crippen molar-refractivity contribution in [3.05, 3.63) is 0 Å². The van der Waals surface area contributed by atoms with E-state index in [2.05, 4.69) is 12.2 Å². The second kappa shape index (κ2) is 11.6. The molecule has 0 aromatic heterocycles.